The normalized spacial score (nSPS) is 20.3. The van der Waals surface area contributed by atoms with E-state index in [4.69, 9.17) is 16.9 Å². The monoisotopic (exact) mass is 468 g/mol. The highest BCUT2D eigenvalue weighted by Crippen LogP contribution is 2.41. The van der Waals surface area contributed by atoms with E-state index in [1.54, 1.807) is 0 Å². The standard InChI is InChI=1S/C21H17F5N4O3/c1-3-6-32-12-4-5-15(28-10-12)18(31)29-11-7-13(17(23)14(22)8-11)20(2)9-16(21(24,25)26)33-19(27)30-20/h1,4-5,7-8,10,16H,6,9H2,2H3,(H2,27,30)(H,29,31). The van der Waals surface area contributed by atoms with Crippen molar-refractivity contribution in [3.05, 3.63) is 53.4 Å². The summed E-state index contributed by atoms with van der Waals surface area (Å²) in [5.74, 6) is -1.05. The summed E-state index contributed by atoms with van der Waals surface area (Å²) in [7, 11) is 0. The number of aromatic nitrogens is 1. The van der Waals surface area contributed by atoms with Crippen molar-refractivity contribution in [1.82, 2.24) is 4.98 Å². The molecule has 0 aliphatic carbocycles. The predicted molar refractivity (Wildman–Crippen MR) is 107 cm³/mol. The fourth-order valence-corrected chi connectivity index (χ4v) is 3.19. The van der Waals surface area contributed by atoms with Crippen LogP contribution in [0.15, 0.2) is 35.5 Å². The maximum absolute atomic E-state index is 14.6. The van der Waals surface area contributed by atoms with Crippen LogP contribution in [0, 0.1) is 24.0 Å². The summed E-state index contributed by atoms with van der Waals surface area (Å²) in [5, 5.41) is 2.32. The summed E-state index contributed by atoms with van der Waals surface area (Å²) in [6.07, 6.45) is -1.73. The first kappa shape index (κ1) is 23.8. The van der Waals surface area contributed by atoms with Crippen LogP contribution in [0.25, 0.3) is 0 Å². The number of alkyl halides is 3. The molecule has 3 N–H and O–H groups in total. The number of halogens is 5. The van der Waals surface area contributed by atoms with Gasteiger partial charge in [-0.3, -0.25) is 4.79 Å². The quantitative estimate of drug-likeness (QED) is 0.517. The van der Waals surface area contributed by atoms with Crippen molar-refractivity contribution in [2.24, 2.45) is 10.7 Å². The number of nitrogens with zero attached hydrogens (tertiary/aromatic N) is 2. The first-order chi connectivity index (χ1) is 15.4. The molecule has 7 nitrogen and oxygen atoms in total. The maximum atomic E-state index is 14.6. The van der Waals surface area contributed by atoms with E-state index in [9.17, 15) is 26.7 Å². The zero-order valence-corrected chi connectivity index (χ0v) is 17.0. The Bertz CT molecular complexity index is 1130. The van der Waals surface area contributed by atoms with Gasteiger partial charge >= 0.3 is 6.18 Å². The topological polar surface area (TPSA) is 98.8 Å². The van der Waals surface area contributed by atoms with E-state index in [0.29, 0.717) is 11.8 Å². The number of pyridine rings is 1. The van der Waals surface area contributed by atoms with Crippen molar-refractivity contribution in [3.8, 4) is 18.1 Å². The molecule has 0 saturated carbocycles. The molecule has 0 fully saturated rings. The molecule has 12 heteroatoms. The minimum atomic E-state index is -4.82. The number of nitrogens with one attached hydrogen (secondary N) is 1. The van der Waals surface area contributed by atoms with Gasteiger partial charge in [0, 0.05) is 23.7 Å². The van der Waals surface area contributed by atoms with Crippen LogP contribution in [0.4, 0.5) is 27.6 Å². The zero-order valence-electron chi connectivity index (χ0n) is 17.0. The molecule has 0 saturated heterocycles. The van der Waals surface area contributed by atoms with Crippen molar-refractivity contribution < 1.29 is 36.2 Å². The van der Waals surface area contributed by atoms with Gasteiger partial charge in [0.15, 0.2) is 17.7 Å². The highest BCUT2D eigenvalue weighted by Gasteiger charge is 2.50. The van der Waals surface area contributed by atoms with Crippen molar-refractivity contribution in [1.29, 1.82) is 0 Å². The smallest absolute Gasteiger partial charge is 0.425 e. The maximum Gasteiger partial charge on any atom is 0.425 e. The number of rotatable bonds is 5. The van der Waals surface area contributed by atoms with Crippen molar-refractivity contribution in [2.75, 3.05) is 11.9 Å². The fourth-order valence-electron chi connectivity index (χ4n) is 3.19. The van der Waals surface area contributed by atoms with Gasteiger partial charge in [-0.25, -0.2) is 18.8 Å². The number of ether oxygens (including phenoxy) is 2. The Kier molecular flexibility index (Phi) is 6.44. The van der Waals surface area contributed by atoms with E-state index in [2.05, 4.69) is 26.0 Å². The van der Waals surface area contributed by atoms with E-state index in [1.165, 1.54) is 18.3 Å². The Balaban J connectivity index is 1.89. The second kappa shape index (κ2) is 8.93. The van der Waals surface area contributed by atoms with Crippen LogP contribution in [-0.4, -0.2) is 35.8 Å². The number of benzene rings is 1. The zero-order chi connectivity index (χ0) is 24.4. The molecule has 174 valence electrons. The largest absolute Gasteiger partial charge is 0.479 e. The third kappa shape index (κ3) is 5.31. The van der Waals surface area contributed by atoms with E-state index in [1.807, 2.05) is 0 Å². The molecule has 1 aliphatic heterocycles. The van der Waals surface area contributed by atoms with Crippen LogP contribution >= 0.6 is 0 Å². The molecule has 3 rings (SSSR count). The number of terminal acetylenes is 1. The van der Waals surface area contributed by atoms with Crippen molar-refractivity contribution in [2.45, 2.75) is 31.2 Å². The van der Waals surface area contributed by atoms with E-state index in [-0.39, 0.29) is 18.0 Å². The second-order valence-corrected chi connectivity index (χ2v) is 7.22. The lowest BCUT2D eigenvalue weighted by Gasteiger charge is -2.36. The Morgan fingerprint density at radius 1 is 1.39 bits per heavy atom. The van der Waals surface area contributed by atoms with Crippen LogP contribution in [0.3, 0.4) is 0 Å². The molecule has 0 spiro atoms. The number of aliphatic imine (C=N–C) groups is 1. The molecule has 0 radical (unpaired) electrons. The minimum absolute atomic E-state index is 0.00312. The molecule has 1 amide bonds. The third-order valence-corrected chi connectivity index (χ3v) is 4.73. The van der Waals surface area contributed by atoms with E-state index in [0.717, 1.165) is 13.0 Å². The number of carbonyl (C=O) groups is 1. The number of amides is 1. The minimum Gasteiger partial charge on any atom is -0.479 e. The third-order valence-electron chi connectivity index (χ3n) is 4.73. The van der Waals surface area contributed by atoms with Gasteiger partial charge in [0.25, 0.3) is 11.9 Å². The predicted octanol–water partition coefficient (Wildman–Crippen LogP) is 3.51. The lowest BCUT2D eigenvalue weighted by atomic mass is 9.85. The van der Waals surface area contributed by atoms with Crippen molar-refractivity contribution in [3.63, 3.8) is 0 Å². The highest BCUT2D eigenvalue weighted by molar-refractivity contribution is 6.02. The molecule has 1 aromatic carbocycles. The lowest BCUT2D eigenvalue weighted by molar-refractivity contribution is -0.208. The second-order valence-electron chi connectivity index (χ2n) is 7.22. The number of carbonyl (C=O) groups excluding carboxylic acids is 1. The van der Waals surface area contributed by atoms with Crippen LogP contribution in [-0.2, 0) is 10.3 Å². The van der Waals surface area contributed by atoms with E-state index >= 15 is 0 Å². The van der Waals surface area contributed by atoms with E-state index < -0.39 is 53.4 Å². The summed E-state index contributed by atoms with van der Waals surface area (Å²) >= 11 is 0. The molecule has 2 aromatic rings. The average Bonchev–Trinajstić information content (AvgIpc) is 2.73. The Morgan fingerprint density at radius 2 is 2.12 bits per heavy atom. The van der Waals surface area contributed by atoms with Gasteiger partial charge in [0.05, 0.1) is 11.7 Å². The first-order valence-corrected chi connectivity index (χ1v) is 9.35. The van der Waals surface area contributed by atoms with Crippen LogP contribution < -0.4 is 15.8 Å². The summed E-state index contributed by atoms with van der Waals surface area (Å²) in [5.41, 5.74) is 2.60. The molecule has 1 aliphatic rings. The van der Waals surface area contributed by atoms with Crippen LogP contribution in [0.1, 0.15) is 29.4 Å². The Morgan fingerprint density at radius 3 is 2.73 bits per heavy atom. The summed E-state index contributed by atoms with van der Waals surface area (Å²) in [4.78, 5) is 20.1. The summed E-state index contributed by atoms with van der Waals surface area (Å²) < 4.78 is 78.2. The number of hydrogen-bond acceptors (Lipinski definition) is 6. The van der Waals surface area contributed by atoms with Gasteiger partial charge in [-0.1, -0.05) is 5.92 Å². The summed E-state index contributed by atoms with van der Waals surface area (Å²) in [6.45, 7) is 1.15. The van der Waals surface area contributed by atoms with Gasteiger partial charge in [0.2, 0.25) is 0 Å². The average molecular weight is 468 g/mol. The van der Waals surface area contributed by atoms with Gasteiger partial charge in [-0.05, 0) is 25.1 Å². The van der Waals surface area contributed by atoms with Crippen molar-refractivity contribution >= 4 is 17.6 Å². The molecular weight excluding hydrogens is 451 g/mol. The van der Waals surface area contributed by atoms with Gasteiger partial charge in [0.1, 0.15) is 18.1 Å². The first-order valence-electron chi connectivity index (χ1n) is 9.35. The van der Waals surface area contributed by atoms with Gasteiger partial charge < -0.3 is 20.5 Å². The number of amidine groups is 1. The number of nitrogens with two attached hydrogens (primary N) is 1. The summed E-state index contributed by atoms with van der Waals surface area (Å²) in [6, 6.07) is 3.57. The van der Waals surface area contributed by atoms with Gasteiger partial charge in [-0.2, -0.15) is 13.2 Å². The molecule has 1 aromatic heterocycles. The number of hydrogen-bond donors (Lipinski definition) is 2. The van der Waals surface area contributed by atoms with Crippen LogP contribution in [0.5, 0.6) is 5.75 Å². The molecule has 2 atom stereocenters. The fraction of sp³-hybridized carbons (Fsp3) is 0.286. The highest BCUT2D eigenvalue weighted by atomic mass is 19.4. The Labute approximate surface area is 184 Å². The SMILES string of the molecule is C#CCOc1ccc(C(=O)Nc2cc(F)c(F)c(C3(C)CC(C(F)(F)F)OC(N)=N3)c2)nc1. The molecule has 2 unspecified atom stereocenters. The lowest BCUT2D eigenvalue weighted by Crippen LogP contribution is -2.46. The molecule has 0 bridgehead atoms. The molecular formula is C21H17F5N4O3. The van der Waals surface area contributed by atoms with Gasteiger partial charge in [-0.15, -0.1) is 6.42 Å². The van der Waals surface area contributed by atoms with Crippen LogP contribution in [0.2, 0.25) is 0 Å². The Hall–Kier alpha value is -3.88. The number of anilines is 1. The molecule has 2 heterocycles. The molecule has 33 heavy (non-hydrogen) atoms.